The highest BCUT2D eigenvalue weighted by molar-refractivity contribution is 5.24. The molecule has 3 nitrogen and oxygen atoms in total. The molecule has 0 aromatic heterocycles. The molecule has 1 saturated heterocycles. The molecule has 1 aromatic rings. The fraction of sp³-hybridized carbons (Fsp3) is 0.647. The third-order valence-corrected chi connectivity index (χ3v) is 4.50. The number of likely N-dealkylation sites (N-methyl/N-ethyl adjacent to an activating group) is 1. The van der Waals surface area contributed by atoms with Gasteiger partial charge in [-0.1, -0.05) is 29.8 Å². The zero-order chi connectivity index (χ0) is 14.7. The molecule has 0 spiro atoms. The van der Waals surface area contributed by atoms with Crippen LogP contribution in [0.25, 0.3) is 0 Å². The highest BCUT2D eigenvalue weighted by Crippen LogP contribution is 2.24. The smallest absolute Gasteiger partial charge is 0.0942 e. The predicted octanol–water partition coefficient (Wildman–Crippen LogP) is 2.44. The first kappa shape index (κ1) is 15.5. The summed E-state index contributed by atoms with van der Waals surface area (Å²) in [5.74, 6) is 0. The molecule has 1 aliphatic heterocycles. The van der Waals surface area contributed by atoms with Gasteiger partial charge in [0.15, 0.2) is 0 Å². The van der Waals surface area contributed by atoms with Crippen LogP contribution in [-0.4, -0.2) is 53.7 Å². The fourth-order valence-electron chi connectivity index (χ4n) is 3.22. The lowest BCUT2D eigenvalue weighted by Crippen LogP contribution is -2.45. The molecule has 0 radical (unpaired) electrons. The Bertz CT molecular complexity index is 418. The molecule has 0 amide bonds. The predicted molar refractivity (Wildman–Crippen MR) is 83.9 cm³/mol. The van der Waals surface area contributed by atoms with Gasteiger partial charge in [0.1, 0.15) is 0 Å². The van der Waals surface area contributed by atoms with E-state index in [-0.39, 0.29) is 6.04 Å². The topological polar surface area (TPSA) is 26.7 Å². The molecule has 0 bridgehead atoms. The van der Waals surface area contributed by atoms with Crippen molar-refractivity contribution >= 4 is 0 Å². The lowest BCUT2D eigenvalue weighted by atomic mass is 10.00. The maximum Gasteiger partial charge on any atom is 0.0942 e. The third-order valence-electron chi connectivity index (χ3n) is 4.50. The molecule has 0 aliphatic carbocycles. The summed E-state index contributed by atoms with van der Waals surface area (Å²) >= 11 is 0. The monoisotopic (exact) mass is 276 g/mol. The molecule has 1 aromatic carbocycles. The molecule has 2 rings (SSSR count). The molecule has 3 heteroatoms. The number of benzene rings is 1. The van der Waals surface area contributed by atoms with Crippen molar-refractivity contribution in [1.82, 2.24) is 9.80 Å². The molecule has 1 fully saturated rings. The molecule has 1 heterocycles. The van der Waals surface area contributed by atoms with Crippen molar-refractivity contribution in [1.29, 1.82) is 0 Å². The summed E-state index contributed by atoms with van der Waals surface area (Å²) in [6.45, 7) is 9.77. The van der Waals surface area contributed by atoms with Crippen LogP contribution in [-0.2, 0) is 0 Å². The summed E-state index contributed by atoms with van der Waals surface area (Å²) in [5.41, 5.74) is 2.26. The molecule has 3 atom stereocenters. The molecular formula is C17H28N2O. The largest absolute Gasteiger partial charge is 0.387 e. The summed E-state index contributed by atoms with van der Waals surface area (Å²) in [7, 11) is 2.18. The second kappa shape index (κ2) is 6.70. The van der Waals surface area contributed by atoms with E-state index < -0.39 is 6.10 Å². The minimum absolute atomic E-state index is 0.152. The molecule has 0 saturated carbocycles. The highest BCUT2D eigenvalue weighted by Gasteiger charge is 2.28. The van der Waals surface area contributed by atoms with E-state index in [9.17, 15) is 5.11 Å². The van der Waals surface area contributed by atoms with Gasteiger partial charge >= 0.3 is 0 Å². The average Bonchev–Trinajstić information content (AvgIpc) is 2.58. The van der Waals surface area contributed by atoms with E-state index >= 15 is 0 Å². The fourth-order valence-corrected chi connectivity index (χ4v) is 3.22. The van der Waals surface area contributed by atoms with Gasteiger partial charge in [-0.05, 0) is 46.3 Å². The van der Waals surface area contributed by atoms with Crippen LogP contribution in [0.5, 0.6) is 0 Å². The number of aliphatic hydroxyl groups excluding tert-OH is 1. The highest BCUT2D eigenvalue weighted by atomic mass is 16.3. The number of aryl methyl sites for hydroxylation is 1. The number of rotatable bonds is 3. The quantitative estimate of drug-likeness (QED) is 0.918. The Labute approximate surface area is 123 Å². The van der Waals surface area contributed by atoms with Crippen molar-refractivity contribution < 1.29 is 5.11 Å². The standard InChI is InChI=1S/C17H28N2O/c1-13-6-8-16(9-7-13)17(20)15(3)19-11-5-10-18(4)12-14(19)2/h6-9,14-15,17,20H,5,10-12H2,1-4H3. The Morgan fingerprint density at radius 3 is 2.50 bits per heavy atom. The van der Waals surface area contributed by atoms with Gasteiger partial charge in [0, 0.05) is 25.2 Å². The van der Waals surface area contributed by atoms with Crippen molar-refractivity contribution in [3.63, 3.8) is 0 Å². The van der Waals surface area contributed by atoms with Crippen LogP contribution in [0.3, 0.4) is 0 Å². The first-order chi connectivity index (χ1) is 9.49. The van der Waals surface area contributed by atoms with Crippen LogP contribution in [0.2, 0.25) is 0 Å². The van der Waals surface area contributed by atoms with E-state index in [1.165, 1.54) is 12.0 Å². The zero-order valence-electron chi connectivity index (χ0n) is 13.2. The van der Waals surface area contributed by atoms with Crippen LogP contribution in [0.15, 0.2) is 24.3 Å². The third kappa shape index (κ3) is 3.60. The zero-order valence-corrected chi connectivity index (χ0v) is 13.2. The van der Waals surface area contributed by atoms with Crippen LogP contribution in [0, 0.1) is 6.92 Å². The van der Waals surface area contributed by atoms with E-state index in [4.69, 9.17) is 0 Å². The SMILES string of the molecule is Cc1ccc(C(O)C(C)N2CCCN(C)CC2C)cc1. The molecule has 1 aliphatic rings. The van der Waals surface area contributed by atoms with Crippen molar-refractivity contribution in [3.8, 4) is 0 Å². The van der Waals surface area contributed by atoms with E-state index in [0.717, 1.165) is 25.2 Å². The number of aliphatic hydroxyl groups is 1. The molecule has 112 valence electrons. The lowest BCUT2D eigenvalue weighted by Gasteiger charge is -2.36. The summed E-state index contributed by atoms with van der Waals surface area (Å²) in [4.78, 5) is 4.84. The first-order valence-electron chi connectivity index (χ1n) is 7.68. The van der Waals surface area contributed by atoms with Gasteiger partial charge in [0.05, 0.1) is 6.10 Å². The van der Waals surface area contributed by atoms with Crippen molar-refractivity contribution in [2.24, 2.45) is 0 Å². The van der Waals surface area contributed by atoms with Crippen LogP contribution >= 0.6 is 0 Å². The van der Waals surface area contributed by atoms with E-state index in [2.05, 4.69) is 49.8 Å². The van der Waals surface area contributed by atoms with Crippen molar-refractivity contribution in [2.75, 3.05) is 26.7 Å². The van der Waals surface area contributed by atoms with Gasteiger partial charge in [-0.15, -0.1) is 0 Å². The Morgan fingerprint density at radius 2 is 1.85 bits per heavy atom. The Kier molecular flexibility index (Phi) is 5.19. The molecule has 1 N–H and O–H groups in total. The van der Waals surface area contributed by atoms with Gasteiger partial charge in [-0.25, -0.2) is 0 Å². The van der Waals surface area contributed by atoms with Crippen molar-refractivity contribution in [3.05, 3.63) is 35.4 Å². The summed E-state index contributed by atoms with van der Waals surface area (Å²) in [5, 5.41) is 10.7. The van der Waals surface area contributed by atoms with Crippen molar-refractivity contribution in [2.45, 2.75) is 45.4 Å². The maximum atomic E-state index is 10.7. The number of hydrogen-bond acceptors (Lipinski definition) is 3. The van der Waals surface area contributed by atoms with Gasteiger partial charge in [0.25, 0.3) is 0 Å². The van der Waals surface area contributed by atoms with Gasteiger partial charge in [0.2, 0.25) is 0 Å². The van der Waals surface area contributed by atoms with Gasteiger partial charge in [-0.2, -0.15) is 0 Å². The van der Waals surface area contributed by atoms with Gasteiger partial charge in [-0.3, -0.25) is 4.90 Å². The summed E-state index contributed by atoms with van der Waals surface area (Å²) in [6, 6.07) is 8.88. The minimum Gasteiger partial charge on any atom is -0.387 e. The Balaban J connectivity index is 2.08. The van der Waals surface area contributed by atoms with E-state index in [1.54, 1.807) is 0 Å². The summed E-state index contributed by atoms with van der Waals surface area (Å²) in [6.07, 6.45) is 0.757. The maximum absolute atomic E-state index is 10.7. The minimum atomic E-state index is -0.415. The molecule has 20 heavy (non-hydrogen) atoms. The molecular weight excluding hydrogens is 248 g/mol. The Hall–Kier alpha value is -0.900. The van der Waals surface area contributed by atoms with Crippen LogP contribution in [0.4, 0.5) is 0 Å². The Morgan fingerprint density at radius 1 is 1.20 bits per heavy atom. The second-order valence-electron chi connectivity index (χ2n) is 6.30. The number of hydrogen-bond donors (Lipinski definition) is 1. The van der Waals surface area contributed by atoms with E-state index in [1.807, 2.05) is 12.1 Å². The average molecular weight is 276 g/mol. The first-order valence-corrected chi connectivity index (χ1v) is 7.68. The lowest BCUT2D eigenvalue weighted by molar-refractivity contribution is 0.0376. The molecule has 3 unspecified atom stereocenters. The second-order valence-corrected chi connectivity index (χ2v) is 6.30. The van der Waals surface area contributed by atoms with Crippen LogP contribution in [0.1, 0.15) is 37.5 Å². The van der Waals surface area contributed by atoms with E-state index in [0.29, 0.717) is 6.04 Å². The number of nitrogens with zero attached hydrogens (tertiary/aromatic N) is 2. The summed E-state index contributed by atoms with van der Waals surface area (Å²) < 4.78 is 0. The van der Waals surface area contributed by atoms with Gasteiger partial charge < -0.3 is 10.0 Å². The van der Waals surface area contributed by atoms with Crippen LogP contribution < -0.4 is 0 Å². The normalized spacial score (nSPS) is 25.1.